The second-order valence-electron chi connectivity index (χ2n) is 3.75. The first kappa shape index (κ1) is 9.05. The fraction of sp³-hybridized carbons (Fsp3) is 1.00. The fourth-order valence-corrected chi connectivity index (χ4v) is 1.50. The van der Waals surface area contributed by atoms with E-state index >= 15 is 0 Å². The summed E-state index contributed by atoms with van der Waals surface area (Å²) in [4.78, 5) is 0. The smallest absolute Gasteiger partial charge is 0.0568 e. The Kier molecular flexibility index (Phi) is 3.92. The number of rotatable bonds is 6. The molecule has 66 valence electrons. The first-order valence-corrected chi connectivity index (χ1v) is 5.02. The molecule has 0 unspecified atom stereocenters. The largest absolute Gasteiger partial charge is 0.393 e. The van der Waals surface area contributed by atoms with Gasteiger partial charge in [-0.1, -0.05) is 32.6 Å². The summed E-state index contributed by atoms with van der Waals surface area (Å²) in [5.74, 6) is 0.677. The van der Waals surface area contributed by atoms with Crippen LogP contribution in [0, 0.1) is 5.92 Å². The van der Waals surface area contributed by atoms with Gasteiger partial charge < -0.3 is 5.11 Å². The van der Waals surface area contributed by atoms with Crippen LogP contribution in [-0.2, 0) is 0 Å². The zero-order chi connectivity index (χ0) is 8.10. The van der Waals surface area contributed by atoms with E-state index in [2.05, 4.69) is 6.92 Å². The summed E-state index contributed by atoms with van der Waals surface area (Å²) in [6.45, 7) is 2.22. The standard InChI is InChI=1S/C10H20O/c1-2-3-4-5-6-10(11)9-7-8-9/h9-11H,2-8H2,1H3/t10-/m0/s1. The quantitative estimate of drug-likeness (QED) is 0.586. The zero-order valence-electron chi connectivity index (χ0n) is 7.55. The van der Waals surface area contributed by atoms with Crippen LogP contribution in [0.3, 0.4) is 0 Å². The summed E-state index contributed by atoms with van der Waals surface area (Å²) >= 11 is 0. The van der Waals surface area contributed by atoms with Gasteiger partial charge in [-0.25, -0.2) is 0 Å². The van der Waals surface area contributed by atoms with Gasteiger partial charge in [-0.2, -0.15) is 0 Å². The molecule has 1 heteroatoms. The Hall–Kier alpha value is -0.0400. The summed E-state index contributed by atoms with van der Waals surface area (Å²) in [5, 5.41) is 9.49. The molecule has 0 heterocycles. The molecule has 0 aliphatic heterocycles. The van der Waals surface area contributed by atoms with Gasteiger partial charge >= 0.3 is 0 Å². The Bertz CT molecular complexity index is 97.0. The van der Waals surface area contributed by atoms with Crippen molar-refractivity contribution in [2.45, 2.75) is 58.0 Å². The van der Waals surface area contributed by atoms with Crippen LogP contribution in [-0.4, -0.2) is 11.2 Å². The molecule has 1 atom stereocenters. The second kappa shape index (κ2) is 4.76. The van der Waals surface area contributed by atoms with Crippen LogP contribution in [0.25, 0.3) is 0 Å². The van der Waals surface area contributed by atoms with Crippen LogP contribution in [0.1, 0.15) is 51.9 Å². The van der Waals surface area contributed by atoms with Gasteiger partial charge in [-0.3, -0.25) is 0 Å². The first-order valence-electron chi connectivity index (χ1n) is 5.02. The molecule has 0 bridgehead atoms. The topological polar surface area (TPSA) is 20.2 Å². The maximum Gasteiger partial charge on any atom is 0.0568 e. The van der Waals surface area contributed by atoms with E-state index in [9.17, 15) is 5.11 Å². The highest BCUT2D eigenvalue weighted by Crippen LogP contribution is 2.34. The van der Waals surface area contributed by atoms with E-state index in [1.165, 1.54) is 38.5 Å². The van der Waals surface area contributed by atoms with Crippen LogP contribution in [0.2, 0.25) is 0 Å². The van der Waals surface area contributed by atoms with Crippen LogP contribution in [0.15, 0.2) is 0 Å². The maximum absolute atomic E-state index is 9.49. The minimum absolute atomic E-state index is 0.0341. The third-order valence-electron chi connectivity index (χ3n) is 2.52. The first-order chi connectivity index (χ1) is 5.34. The third-order valence-corrected chi connectivity index (χ3v) is 2.52. The lowest BCUT2D eigenvalue weighted by molar-refractivity contribution is 0.138. The van der Waals surface area contributed by atoms with Crippen molar-refractivity contribution < 1.29 is 5.11 Å². The molecule has 0 saturated heterocycles. The van der Waals surface area contributed by atoms with Crippen LogP contribution < -0.4 is 0 Å². The molecule has 1 fully saturated rings. The summed E-state index contributed by atoms with van der Waals surface area (Å²) in [7, 11) is 0. The van der Waals surface area contributed by atoms with Crippen LogP contribution in [0.4, 0.5) is 0 Å². The monoisotopic (exact) mass is 156 g/mol. The van der Waals surface area contributed by atoms with Gasteiger partial charge in [-0.05, 0) is 25.2 Å². The highest BCUT2D eigenvalue weighted by Gasteiger charge is 2.28. The lowest BCUT2D eigenvalue weighted by Crippen LogP contribution is -2.08. The molecule has 1 aliphatic rings. The van der Waals surface area contributed by atoms with E-state index in [4.69, 9.17) is 0 Å². The van der Waals surface area contributed by atoms with Gasteiger partial charge in [0.15, 0.2) is 0 Å². The van der Waals surface area contributed by atoms with Crippen molar-refractivity contribution >= 4 is 0 Å². The summed E-state index contributed by atoms with van der Waals surface area (Å²) in [5.41, 5.74) is 0. The highest BCUT2D eigenvalue weighted by atomic mass is 16.3. The molecule has 0 spiro atoms. The molecule has 1 rings (SSSR count). The average molecular weight is 156 g/mol. The van der Waals surface area contributed by atoms with E-state index in [-0.39, 0.29) is 6.10 Å². The molecular weight excluding hydrogens is 136 g/mol. The molecule has 1 nitrogen and oxygen atoms in total. The van der Waals surface area contributed by atoms with Gasteiger partial charge in [0, 0.05) is 0 Å². The minimum atomic E-state index is 0.0341. The Morgan fingerprint density at radius 3 is 2.55 bits per heavy atom. The number of aliphatic hydroxyl groups is 1. The average Bonchev–Trinajstić information content (AvgIpc) is 2.79. The molecule has 0 aromatic carbocycles. The Balaban J connectivity index is 1.85. The zero-order valence-corrected chi connectivity index (χ0v) is 7.55. The number of hydrogen-bond acceptors (Lipinski definition) is 1. The molecule has 0 aromatic rings. The molecule has 0 amide bonds. The molecule has 0 radical (unpaired) electrons. The normalized spacial score (nSPS) is 20.2. The van der Waals surface area contributed by atoms with Crippen molar-refractivity contribution in [2.75, 3.05) is 0 Å². The molecule has 1 saturated carbocycles. The summed E-state index contributed by atoms with van der Waals surface area (Å²) in [6.07, 6.45) is 8.78. The van der Waals surface area contributed by atoms with Crippen molar-refractivity contribution in [2.24, 2.45) is 5.92 Å². The van der Waals surface area contributed by atoms with Gasteiger partial charge in [0.05, 0.1) is 6.10 Å². The van der Waals surface area contributed by atoms with Crippen molar-refractivity contribution in [3.63, 3.8) is 0 Å². The number of aliphatic hydroxyl groups excluding tert-OH is 1. The SMILES string of the molecule is CCCCCC[C@H](O)C1CC1. The Labute approximate surface area is 69.8 Å². The summed E-state index contributed by atoms with van der Waals surface area (Å²) in [6, 6.07) is 0. The molecule has 1 aliphatic carbocycles. The van der Waals surface area contributed by atoms with Gasteiger partial charge in [0.25, 0.3) is 0 Å². The van der Waals surface area contributed by atoms with Crippen LogP contribution >= 0.6 is 0 Å². The predicted octanol–water partition coefficient (Wildman–Crippen LogP) is 2.73. The predicted molar refractivity (Wildman–Crippen MR) is 47.5 cm³/mol. The molecule has 1 N–H and O–H groups in total. The van der Waals surface area contributed by atoms with E-state index in [1.54, 1.807) is 0 Å². The third kappa shape index (κ3) is 3.76. The van der Waals surface area contributed by atoms with Crippen molar-refractivity contribution in [1.29, 1.82) is 0 Å². The maximum atomic E-state index is 9.49. The number of hydrogen-bond donors (Lipinski definition) is 1. The van der Waals surface area contributed by atoms with E-state index in [1.807, 2.05) is 0 Å². The highest BCUT2D eigenvalue weighted by molar-refractivity contribution is 4.80. The van der Waals surface area contributed by atoms with Gasteiger partial charge in [0.2, 0.25) is 0 Å². The Morgan fingerprint density at radius 1 is 1.27 bits per heavy atom. The van der Waals surface area contributed by atoms with E-state index < -0.39 is 0 Å². The van der Waals surface area contributed by atoms with Gasteiger partial charge in [0.1, 0.15) is 0 Å². The van der Waals surface area contributed by atoms with Crippen molar-refractivity contribution in [3.05, 3.63) is 0 Å². The van der Waals surface area contributed by atoms with Crippen molar-refractivity contribution in [1.82, 2.24) is 0 Å². The lowest BCUT2D eigenvalue weighted by atomic mass is 10.1. The molecule has 11 heavy (non-hydrogen) atoms. The second-order valence-corrected chi connectivity index (χ2v) is 3.75. The Morgan fingerprint density at radius 2 is 2.00 bits per heavy atom. The fourth-order valence-electron chi connectivity index (χ4n) is 1.50. The minimum Gasteiger partial charge on any atom is -0.393 e. The summed E-state index contributed by atoms with van der Waals surface area (Å²) < 4.78 is 0. The molecule has 0 aromatic heterocycles. The van der Waals surface area contributed by atoms with Crippen LogP contribution in [0.5, 0.6) is 0 Å². The van der Waals surface area contributed by atoms with Crippen molar-refractivity contribution in [3.8, 4) is 0 Å². The molecular formula is C10H20O. The van der Waals surface area contributed by atoms with E-state index in [0.717, 1.165) is 6.42 Å². The van der Waals surface area contributed by atoms with E-state index in [0.29, 0.717) is 5.92 Å². The lowest BCUT2D eigenvalue weighted by Gasteiger charge is -2.07. The van der Waals surface area contributed by atoms with Gasteiger partial charge in [-0.15, -0.1) is 0 Å². The number of unbranched alkanes of at least 4 members (excludes halogenated alkanes) is 3.